The molecule has 0 radical (unpaired) electrons. The lowest BCUT2D eigenvalue weighted by Crippen LogP contribution is -2.36. The first-order chi connectivity index (χ1) is 6.99. The fourth-order valence-electron chi connectivity index (χ4n) is 1.35. The van der Waals surface area contributed by atoms with Crippen LogP contribution in [0, 0.1) is 0 Å². The summed E-state index contributed by atoms with van der Waals surface area (Å²) in [5.41, 5.74) is 5.63. The predicted octanol–water partition coefficient (Wildman–Crippen LogP) is 1.71. The van der Waals surface area contributed by atoms with Crippen LogP contribution in [-0.2, 0) is 4.79 Å². The number of rotatable bonds is 7. The van der Waals surface area contributed by atoms with Crippen LogP contribution in [0.5, 0.6) is 0 Å². The van der Waals surface area contributed by atoms with Gasteiger partial charge in [0, 0.05) is 31.3 Å². The summed E-state index contributed by atoms with van der Waals surface area (Å²) in [6, 6.07) is 0.523. The third-order valence-electron chi connectivity index (χ3n) is 2.51. The van der Waals surface area contributed by atoms with Gasteiger partial charge in [0.25, 0.3) is 0 Å². The van der Waals surface area contributed by atoms with E-state index in [0.717, 1.165) is 18.6 Å². The van der Waals surface area contributed by atoms with Crippen LogP contribution in [-0.4, -0.2) is 41.9 Å². The Hall–Kier alpha value is -0.220. The van der Waals surface area contributed by atoms with Crippen molar-refractivity contribution in [3.05, 3.63) is 0 Å². The van der Waals surface area contributed by atoms with Crippen LogP contribution in [0.15, 0.2) is 0 Å². The molecular weight excluding hydrogens is 208 g/mol. The van der Waals surface area contributed by atoms with Crippen molar-refractivity contribution >= 4 is 17.7 Å². The maximum atomic E-state index is 11.7. The zero-order valence-corrected chi connectivity index (χ0v) is 11.1. The van der Waals surface area contributed by atoms with Gasteiger partial charge in [0.2, 0.25) is 5.91 Å². The lowest BCUT2D eigenvalue weighted by molar-refractivity contribution is -0.131. The van der Waals surface area contributed by atoms with Crippen LogP contribution in [0.3, 0.4) is 0 Å². The monoisotopic (exact) mass is 232 g/mol. The molecule has 0 aliphatic heterocycles. The van der Waals surface area contributed by atoms with Gasteiger partial charge in [-0.15, -0.1) is 0 Å². The van der Waals surface area contributed by atoms with Gasteiger partial charge >= 0.3 is 0 Å². The van der Waals surface area contributed by atoms with Crippen LogP contribution in [0.1, 0.15) is 33.1 Å². The molecule has 1 amide bonds. The third-order valence-corrected chi connectivity index (χ3v) is 3.33. The Morgan fingerprint density at radius 2 is 2.07 bits per heavy atom. The molecule has 4 heteroatoms. The molecule has 0 aromatic carbocycles. The first kappa shape index (κ1) is 14.8. The van der Waals surface area contributed by atoms with E-state index in [4.69, 9.17) is 5.73 Å². The topological polar surface area (TPSA) is 46.3 Å². The van der Waals surface area contributed by atoms with Gasteiger partial charge in [0.05, 0.1) is 0 Å². The van der Waals surface area contributed by atoms with Gasteiger partial charge in [-0.3, -0.25) is 4.79 Å². The Bertz CT molecular complexity index is 185. The van der Waals surface area contributed by atoms with E-state index in [0.29, 0.717) is 12.5 Å². The number of amides is 1. The highest BCUT2D eigenvalue weighted by molar-refractivity contribution is 7.98. The van der Waals surface area contributed by atoms with Crippen molar-refractivity contribution in [2.45, 2.75) is 45.2 Å². The smallest absolute Gasteiger partial charge is 0.222 e. The third kappa shape index (κ3) is 6.79. The number of hydrogen-bond acceptors (Lipinski definition) is 3. The van der Waals surface area contributed by atoms with E-state index in [1.165, 1.54) is 0 Å². The Morgan fingerprint density at radius 1 is 1.47 bits per heavy atom. The number of hydrogen-bond donors (Lipinski definition) is 1. The fraction of sp³-hybridized carbons (Fsp3) is 0.909. The molecule has 0 rings (SSSR count). The minimum Gasteiger partial charge on any atom is -0.342 e. The van der Waals surface area contributed by atoms with E-state index in [9.17, 15) is 4.79 Å². The van der Waals surface area contributed by atoms with Crippen molar-refractivity contribution in [1.29, 1.82) is 0 Å². The van der Waals surface area contributed by atoms with Gasteiger partial charge in [-0.1, -0.05) is 0 Å². The van der Waals surface area contributed by atoms with Crippen LogP contribution < -0.4 is 5.73 Å². The first-order valence-electron chi connectivity index (χ1n) is 5.49. The normalized spacial score (nSPS) is 14.7. The average Bonchev–Trinajstić information content (AvgIpc) is 2.16. The largest absolute Gasteiger partial charge is 0.342 e. The molecule has 2 unspecified atom stereocenters. The molecule has 0 aromatic heterocycles. The minimum absolute atomic E-state index is 0.201. The summed E-state index contributed by atoms with van der Waals surface area (Å²) in [4.78, 5) is 13.6. The zero-order chi connectivity index (χ0) is 11.8. The molecule has 0 fully saturated rings. The average molecular weight is 232 g/mol. The van der Waals surface area contributed by atoms with Crippen molar-refractivity contribution in [3.8, 4) is 0 Å². The standard InChI is InChI=1S/C11H24N2OS/c1-9(12)6-5-7-11(14)13(3)10(2)8-15-4/h9-10H,5-8,12H2,1-4H3. The molecule has 0 aromatic rings. The second kappa shape index (κ2) is 7.99. The summed E-state index contributed by atoms with van der Waals surface area (Å²) in [5.74, 6) is 1.23. The summed E-state index contributed by atoms with van der Waals surface area (Å²) in [6.07, 6.45) is 4.50. The van der Waals surface area contributed by atoms with Crippen LogP contribution in [0.2, 0.25) is 0 Å². The molecule has 15 heavy (non-hydrogen) atoms. The number of carbonyl (C=O) groups is 1. The van der Waals surface area contributed by atoms with E-state index in [2.05, 4.69) is 13.2 Å². The fourth-order valence-corrected chi connectivity index (χ4v) is 2.06. The summed E-state index contributed by atoms with van der Waals surface area (Å²) in [6.45, 7) is 4.06. The molecule has 2 atom stereocenters. The molecule has 0 saturated carbocycles. The number of nitrogens with two attached hydrogens (primary N) is 1. The molecule has 0 spiro atoms. The Balaban J connectivity index is 3.78. The molecule has 0 bridgehead atoms. The number of nitrogens with zero attached hydrogens (tertiary/aromatic N) is 1. The van der Waals surface area contributed by atoms with Gasteiger partial charge in [-0.2, -0.15) is 11.8 Å². The van der Waals surface area contributed by atoms with Crippen molar-refractivity contribution in [1.82, 2.24) is 4.90 Å². The first-order valence-corrected chi connectivity index (χ1v) is 6.88. The van der Waals surface area contributed by atoms with Crippen LogP contribution in [0.4, 0.5) is 0 Å². The molecule has 0 saturated heterocycles. The molecular formula is C11H24N2OS. The van der Waals surface area contributed by atoms with Gasteiger partial charge in [-0.05, 0) is 32.9 Å². The molecule has 3 nitrogen and oxygen atoms in total. The minimum atomic E-state index is 0.201. The molecule has 90 valence electrons. The summed E-state index contributed by atoms with van der Waals surface area (Å²) in [5, 5.41) is 0. The van der Waals surface area contributed by atoms with Crippen molar-refractivity contribution in [3.63, 3.8) is 0 Å². The van der Waals surface area contributed by atoms with Gasteiger partial charge < -0.3 is 10.6 Å². The number of carbonyl (C=O) groups excluding carboxylic acids is 1. The molecule has 0 heterocycles. The second-order valence-corrected chi connectivity index (χ2v) is 5.09. The summed E-state index contributed by atoms with van der Waals surface area (Å²) >= 11 is 1.77. The van der Waals surface area contributed by atoms with E-state index in [1.54, 1.807) is 11.8 Å². The van der Waals surface area contributed by atoms with Gasteiger partial charge in [0.1, 0.15) is 0 Å². The molecule has 0 aliphatic rings. The Morgan fingerprint density at radius 3 is 2.53 bits per heavy atom. The van der Waals surface area contributed by atoms with Gasteiger partial charge in [0.15, 0.2) is 0 Å². The molecule has 2 N–H and O–H groups in total. The zero-order valence-electron chi connectivity index (χ0n) is 10.3. The number of thioether (sulfide) groups is 1. The lowest BCUT2D eigenvalue weighted by Gasteiger charge is -2.24. The Kier molecular flexibility index (Phi) is 7.88. The van der Waals surface area contributed by atoms with Crippen molar-refractivity contribution < 1.29 is 4.79 Å². The van der Waals surface area contributed by atoms with Gasteiger partial charge in [-0.25, -0.2) is 0 Å². The summed E-state index contributed by atoms with van der Waals surface area (Å²) in [7, 11) is 1.88. The van der Waals surface area contributed by atoms with E-state index in [1.807, 2.05) is 18.9 Å². The predicted molar refractivity (Wildman–Crippen MR) is 68.1 cm³/mol. The quantitative estimate of drug-likeness (QED) is 0.727. The maximum absolute atomic E-state index is 11.7. The maximum Gasteiger partial charge on any atom is 0.222 e. The van der Waals surface area contributed by atoms with E-state index < -0.39 is 0 Å². The highest BCUT2D eigenvalue weighted by atomic mass is 32.2. The van der Waals surface area contributed by atoms with Crippen molar-refractivity contribution in [2.75, 3.05) is 19.1 Å². The van der Waals surface area contributed by atoms with E-state index in [-0.39, 0.29) is 11.9 Å². The Labute approximate surface area is 97.8 Å². The molecule has 0 aliphatic carbocycles. The van der Waals surface area contributed by atoms with E-state index >= 15 is 0 Å². The lowest BCUT2D eigenvalue weighted by atomic mass is 10.1. The second-order valence-electron chi connectivity index (χ2n) is 4.18. The van der Waals surface area contributed by atoms with Crippen molar-refractivity contribution in [2.24, 2.45) is 5.73 Å². The SMILES string of the molecule is CSCC(C)N(C)C(=O)CCCC(C)N. The highest BCUT2D eigenvalue weighted by Gasteiger charge is 2.14. The van der Waals surface area contributed by atoms with Crippen LogP contribution in [0.25, 0.3) is 0 Å². The van der Waals surface area contributed by atoms with Crippen LogP contribution >= 0.6 is 11.8 Å². The highest BCUT2D eigenvalue weighted by Crippen LogP contribution is 2.07. The summed E-state index contributed by atoms with van der Waals surface area (Å²) < 4.78 is 0.